The SMILES string of the molecule is CC(C)(C)c1nc2c(s1)CN(C(C)(C)C)CC2. The van der Waals surface area contributed by atoms with Crippen LogP contribution in [0.25, 0.3) is 0 Å². The minimum Gasteiger partial charge on any atom is -0.293 e. The van der Waals surface area contributed by atoms with Crippen molar-refractivity contribution < 1.29 is 0 Å². The van der Waals surface area contributed by atoms with E-state index in [0.29, 0.717) is 0 Å². The molecule has 2 rings (SSSR count). The Labute approximate surface area is 109 Å². The van der Waals surface area contributed by atoms with Crippen LogP contribution in [0.3, 0.4) is 0 Å². The third-order valence-corrected chi connectivity index (χ3v) is 4.83. The molecule has 0 bridgehead atoms. The molecule has 0 spiro atoms. The Morgan fingerprint density at radius 2 is 1.76 bits per heavy atom. The largest absolute Gasteiger partial charge is 0.293 e. The number of nitrogens with zero attached hydrogens (tertiary/aromatic N) is 2. The van der Waals surface area contributed by atoms with Gasteiger partial charge in [-0.1, -0.05) is 20.8 Å². The predicted molar refractivity (Wildman–Crippen MR) is 74.7 cm³/mol. The van der Waals surface area contributed by atoms with Gasteiger partial charge in [0.1, 0.15) is 0 Å². The monoisotopic (exact) mass is 252 g/mol. The molecule has 0 radical (unpaired) electrons. The molecular formula is C14H24N2S. The van der Waals surface area contributed by atoms with Crippen LogP contribution in [-0.2, 0) is 18.4 Å². The summed E-state index contributed by atoms with van der Waals surface area (Å²) in [4.78, 5) is 8.87. The van der Waals surface area contributed by atoms with Crippen LogP contribution in [0.5, 0.6) is 0 Å². The summed E-state index contributed by atoms with van der Waals surface area (Å²) < 4.78 is 0. The first-order valence-electron chi connectivity index (χ1n) is 6.42. The summed E-state index contributed by atoms with van der Waals surface area (Å²) in [6, 6.07) is 0. The van der Waals surface area contributed by atoms with E-state index in [1.54, 1.807) is 0 Å². The summed E-state index contributed by atoms with van der Waals surface area (Å²) in [6.45, 7) is 15.9. The maximum atomic E-state index is 4.83. The normalized spacial score (nSPS) is 18.2. The van der Waals surface area contributed by atoms with Gasteiger partial charge >= 0.3 is 0 Å². The molecule has 0 amide bonds. The Morgan fingerprint density at radius 3 is 2.29 bits per heavy atom. The standard InChI is InChI=1S/C14H24N2S/c1-13(2,3)12-15-10-7-8-16(14(4,5)6)9-11(10)17-12/h7-9H2,1-6H3. The highest BCUT2D eigenvalue weighted by molar-refractivity contribution is 7.11. The number of hydrogen-bond acceptors (Lipinski definition) is 3. The van der Waals surface area contributed by atoms with Gasteiger partial charge in [-0.2, -0.15) is 0 Å². The van der Waals surface area contributed by atoms with E-state index < -0.39 is 0 Å². The maximum Gasteiger partial charge on any atom is 0.0985 e. The van der Waals surface area contributed by atoms with Crippen LogP contribution in [0, 0.1) is 0 Å². The summed E-state index contributed by atoms with van der Waals surface area (Å²) in [5.74, 6) is 0. The second kappa shape index (κ2) is 4.06. The summed E-state index contributed by atoms with van der Waals surface area (Å²) in [5, 5.41) is 1.29. The molecule has 0 saturated carbocycles. The Kier molecular flexibility index (Phi) is 3.11. The highest BCUT2D eigenvalue weighted by Gasteiger charge is 2.29. The van der Waals surface area contributed by atoms with Crippen LogP contribution >= 0.6 is 11.3 Å². The van der Waals surface area contributed by atoms with Gasteiger partial charge in [0.25, 0.3) is 0 Å². The minimum atomic E-state index is 0.189. The average Bonchev–Trinajstić information content (AvgIpc) is 2.57. The van der Waals surface area contributed by atoms with E-state index in [1.807, 2.05) is 11.3 Å². The molecule has 1 aromatic heterocycles. The smallest absolute Gasteiger partial charge is 0.0985 e. The van der Waals surface area contributed by atoms with E-state index in [1.165, 1.54) is 15.6 Å². The first-order valence-corrected chi connectivity index (χ1v) is 7.24. The maximum absolute atomic E-state index is 4.83. The van der Waals surface area contributed by atoms with Crippen LogP contribution in [0.15, 0.2) is 0 Å². The molecule has 1 aliphatic heterocycles. The minimum absolute atomic E-state index is 0.189. The number of fused-ring (bicyclic) bond motifs is 1. The van der Waals surface area contributed by atoms with Gasteiger partial charge in [0, 0.05) is 35.3 Å². The molecule has 1 aromatic rings. The zero-order valence-electron chi connectivity index (χ0n) is 11.9. The molecule has 2 heterocycles. The zero-order valence-corrected chi connectivity index (χ0v) is 12.7. The first kappa shape index (κ1) is 13.0. The Morgan fingerprint density at radius 1 is 1.12 bits per heavy atom. The van der Waals surface area contributed by atoms with Crippen molar-refractivity contribution in [2.45, 2.75) is 65.5 Å². The van der Waals surface area contributed by atoms with Gasteiger partial charge < -0.3 is 0 Å². The third kappa shape index (κ3) is 2.71. The number of aromatic nitrogens is 1. The fourth-order valence-electron chi connectivity index (χ4n) is 2.09. The summed E-state index contributed by atoms with van der Waals surface area (Å²) >= 11 is 1.91. The average molecular weight is 252 g/mol. The van der Waals surface area contributed by atoms with E-state index in [0.717, 1.165) is 19.5 Å². The molecule has 96 valence electrons. The van der Waals surface area contributed by atoms with E-state index >= 15 is 0 Å². The van der Waals surface area contributed by atoms with Crippen molar-refractivity contribution in [2.24, 2.45) is 0 Å². The second-order valence-corrected chi connectivity index (χ2v) is 8.06. The van der Waals surface area contributed by atoms with Crippen LogP contribution in [0.2, 0.25) is 0 Å². The van der Waals surface area contributed by atoms with E-state index in [9.17, 15) is 0 Å². The van der Waals surface area contributed by atoms with Crippen LogP contribution < -0.4 is 0 Å². The van der Waals surface area contributed by atoms with Crippen LogP contribution in [0.4, 0.5) is 0 Å². The van der Waals surface area contributed by atoms with E-state index in [2.05, 4.69) is 46.4 Å². The van der Waals surface area contributed by atoms with Gasteiger partial charge in [-0.15, -0.1) is 11.3 Å². The van der Waals surface area contributed by atoms with Crippen LogP contribution in [0.1, 0.15) is 57.1 Å². The number of hydrogen-bond donors (Lipinski definition) is 0. The van der Waals surface area contributed by atoms with E-state index in [4.69, 9.17) is 4.98 Å². The molecular weight excluding hydrogens is 228 g/mol. The Hall–Kier alpha value is -0.410. The van der Waals surface area contributed by atoms with Crippen molar-refractivity contribution in [3.63, 3.8) is 0 Å². The van der Waals surface area contributed by atoms with Crippen molar-refractivity contribution in [3.05, 3.63) is 15.6 Å². The first-order chi connectivity index (χ1) is 7.68. The lowest BCUT2D eigenvalue weighted by atomic mass is 9.98. The molecule has 2 nitrogen and oxygen atoms in total. The van der Waals surface area contributed by atoms with Crippen molar-refractivity contribution in [1.29, 1.82) is 0 Å². The topological polar surface area (TPSA) is 16.1 Å². The summed E-state index contributed by atoms with van der Waals surface area (Å²) in [6.07, 6.45) is 1.11. The molecule has 0 unspecified atom stereocenters. The quantitative estimate of drug-likeness (QED) is 0.701. The molecule has 0 aromatic carbocycles. The summed E-state index contributed by atoms with van der Waals surface area (Å²) in [5.41, 5.74) is 1.80. The highest BCUT2D eigenvalue weighted by atomic mass is 32.1. The zero-order chi connectivity index (χ0) is 12.8. The van der Waals surface area contributed by atoms with Gasteiger partial charge in [-0.3, -0.25) is 4.90 Å². The molecule has 3 heteroatoms. The predicted octanol–water partition coefficient (Wildman–Crippen LogP) is 3.60. The third-order valence-electron chi connectivity index (χ3n) is 3.32. The molecule has 0 atom stereocenters. The molecule has 0 N–H and O–H groups in total. The molecule has 0 fully saturated rings. The van der Waals surface area contributed by atoms with Gasteiger partial charge in [0.05, 0.1) is 10.7 Å². The molecule has 0 saturated heterocycles. The Bertz CT molecular complexity index is 407. The van der Waals surface area contributed by atoms with Crippen molar-refractivity contribution in [3.8, 4) is 0 Å². The fraction of sp³-hybridized carbons (Fsp3) is 0.786. The van der Waals surface area contributed by atoms with Gasteiger partial charge in [0.15, 0.2) is 0 Å². The van der Waals surface area contributed by atoms with Crippen molar-refractivity contribution in [1.82, 2.24) is 9.88 Å². The Balaban J connectivity index is 2.25. The summed E-state index contributed by atoms with van der Waals surface area (Å²) in [7, 11) is 0. The lowest BCUT2D eigenvalue weighted by Gasteiger charge is -2.37. The van der Waals surface area contributed by atoms with E-state index in [-0.39, 0.29) is 11.0 Å². The lowest BCUT2D eigenvalue weighted by Crippen LogP contribution is -2.43. The molecule has 17 heavy (non-hydrogen) atoms. The van der Waals surface area contributed by atoms with Gasteiger partial charge in [-0.05, 0) is 20.8 Å². The molecule has 1 aliphatic rings. The van der Waals surface area contributed by atoms with Crippen LogP contribution in [-0.4, -0.2) is 22.0 Å². The second-order valence-electron chi connectivity index (χ2n) is 6.98. The fourth-order valence-corrected chi connectivity index (χ4v) is 3.27. The van der Waals surface area contributed by atoms with Crippen molar-refractivity contribution in [2.75, 3.05) is 6.54 Å². The number of rotatable bonds is 0. The number of thiazole rings is 1. The van der Waals surface area contributed by atoms with Gasteiger partial charge in [0.2, 0.25) is 0 Å². The molecule has 0 aliphatic carbocycles. The highest BCUT2D eigenvalue weighted by Crippen LogP contribution is 2.34. The van der Waals surface area contributed by atoms with Crippen molar-refractivity contribution >= 4 is 11.3 Å². The lowest BCUT2D eigenvalue weighted by molar-refractivity contribution is 0.122. The van der Waals surface area contributed by atoms with Gasteiger partial charge in [-0.25, -0.2) is 4.98 Å².